The lowest BCUT2D eigenvalue weighted by atomic mass is 10.0. The van der Waals surface area contributed by atoms with Crippen molar-refractivity contribution < 1.29 is 9.53 Å². The van der Waals surface area contributed by atoms with Gasteiger partial charge in [-0.15, -0.1) is 0 Å². The number of nitrogens with one attached hydrogen (secondary N) is 1. The number of carbonyl (C=O) groups is 1. The third kappa shape index (κ3) is 4.85. The van der Waals surface area contributed by atoms with Crippen LogP contribution in [0.4, 0.5) is 4.79 Å². The molecule has 0 aliphatic heterocycles. The van der Waals surface area contributed by atoms with Crippen molar-refractivity contribution in [2.45, 2.75) is 58.7 Å². The maximum Gasteiger partial charge on any atom is 0.408 e. The van der Waals surface area contributed by atoms with E-state index in [0.717, 1.165) is 18.7 Å². The Balaban J connectivity index is 2.78. The molecule has 0 saturated heterocycles. The average molecular weight is 282 g/mol. The van der Waals surface area contributed by atoms with Crippen molar-refractivity contribution in [2.24, 2.45) is 5.73 Å². The summed E-state index contributed by atoms with van der Waals surface area (Å²) in [4.78, 5) is 16.1. The number of carbonyl (C=O) groups excluding carboxylic acids is 1. The summed E-state index contributed by atoms with van der Waals surface area (Å²) in [5.41, 5.74) is 5.38. The highest BCUT2D eigenvalue weighted by Gasteiger charge is 2.28. The number of rotatable bonds is 5. The van der Waals surface area contributed by atoms with Gasteiger partial charge in [0.15, 0.2) is 0 Å². The van der Waals surface area contributed by atoms with Gasteiger partial charge < -0.3 is 20.4 Å². The zero-order valence-electron chi connectivity index (χ0n) is 13.1. The van der Waals surface area contributed by atoms with Gasteiger partial charge in [0.05, 0.1) is 23.8 Å². The summed E-state index contributed by atoms with van der Waals surface area (Å²) in [5.74, 6) is 0. The minimum atomic E-state index is -0.562. The Morgan fingerprint density at radius 1 is 1.40 bits per heavy atom. The first-order chi connectivity index (χ1) is 9.15. The van der Waals surface area contributed by atoms with Gasteiger partial charge in [0, 0.05) is 6.54 Å². The normalized spacial score (nSPS) is 12.3. The van der Waals surface area contributed by atoms with Crippen molar-refractivity contribution >= 4 is 6.09 Å². The van der Waals surface area contributed by atoms with Gasteiger partial charge in [-0.05, 0) is 47.6 Å². The summed E-state index contributed by atoms with van der Waals surface area (Å²) in [6, 6.07) is 0. The van der Waals surface area contributed by atoms with Crippen molar-refractivity contribution in [3.05, 3.63) is 18.2 Å². The first-order valence-corrected chi connectivity index (χ1v) is 6.87. The molecule has 1 amide bonds. The maximum atomic E-state index is 11.9. The molecule has 1 aromatic rings. The summed E-state index contributed by atoms with van der Waals surface area (Å²) < 4.78 is 7.30. The molecular formula is C14H26N4O2. The van der Waals surface area contributed by atoms with Gasteiger partial charge >= 0.3 is 6.09 Å². The third-order valence-corrected chi connectivity index (χ3v) is 2.77. The van der Waals surface area contributed by atoms with Crippen molar-refractivity contribution in [1.29, 1.82) is 0 Å². The van der Waals surface area contributed by atoms with Crippen LogP contribution in [0.25, 0.3) is 0 Å². The first-order valence-electron chi connectivity index (χ1n) is 6.87. The maximum absolute atomic E-state index is 11.9. The predicted octanol–water partition coefficient (Wildman–Crippen LogP) is 1.99. The Morgan fingerprint density at radius 3 is 2.60 bits per heavy atom. The van der Waals surface area contributed by atoms with Gasteiger partial charge in [-0.1, -0.05) is 0 Å². The molecule has 0 unspecified atom stereocenters. The summed E-state index contributed by atoms with van der Waals surface area (Å²) in [6.07, 6.45) is 3.94. The zero-order chi connectivity index (χ0) is 15.4. The zero-order valence-corrected chi connectivity index (χ0v) is 13.1. The van der Waals surface area contributed by atoms with Gasteiger partial charge in [-0.25, -0.2) is 9.78 Å². The standard InChI is InChI=1S/C14H26N4O2/c1-13(2,3)20-12(19)17-14(4,5)11-9-16-10-18(11)8-6-7-15/h9-10H,6-8,15H2,1-5H3,(H,17,19). The predicted molar refractivity (Wildman–Crippen MR) is 78.3 cm³/mol. The molecule has 0 fully saturated rings. The molecule has 0 radical (unpaired) electrons. The Hall–Kier alpha value is -1.56. The van der Waals surface area contributed by atoms with Gasteiger partial charge in [0.1, 0.15) is 5.60 Å². The number of ether oxygens (including phenoxy) is 1. The van der Waals surface area contributed by atoms with Crippen LogP contribution in [-0.2, 0) is 16.8 Å². The number of hydrogen-bond acceptors (Lipinski definition) is 4. The molecule has 0 bridgehead atoms. The highest BCUT2D eigenvalue weighted by atomic mass is 16.6. The lowest BCUT2D eigenvalue weighted by Gasteiger charge is -2.29. The Bertz CT molecular complexity index is 446. The fraction of sp³-hybridized carbons (Fsp3) is 0.714. The fourth-order valence-electron chi connectivity index (χ4n) is 1.90. The number of aromatic nitrogens is 2. The highest BCUT2D eigenvalue weighted by molar-refractivity contribution is 5.68. The summed E-state index contributed by atoms with van der Waals surface area (Å²) in [7, 11) is 0. The summed E-state index contributed by atoms with van der Waals surface area (Å²) in [5, 5.41) is 2.88. The number of nitrogens with two attached hydrogens (primary N) is 1. The van der Waals surface area contributed by atoms with E-state index < -0.39 is 17.2 Å². The SMILES string of the molecule is CC(C)(C)OC(=O)NC(C)(C)c1cncn1CCCN. The molecule has 0 aromatic carbocycles. The Kier molecular flexibility index (Phi) is 5.16. The van der Waals surface area contributed by atoms with Crippen molar-refractivity contribution in [3.8, 4) is 0 Å². The molecule has 6 heteroatoms. The van der Waals surface area contributed by atoms with E-state index in [4.69, 9.17) is 10.5 Å². The molecule has 114 valence electrons. The molecule has 0 atom stereocenters. The van der Waals surface area contributed by atoms with Crippen LogP contribution in [0.15, 0.2) is 12.5 Å². The Morgan fingerprint density at radius 2 is 2.05 bits per heavy atom. The number of imidazole rings is 1. The lowest BCUT2D eigenvalue weighted by molar-refractivity contribution is 0.0466. The number of nitrogens with zero attached hydrogens (tertiary/aromatic N) is 2. The molecule has 0 aliphatic rings. The number of alkyl carbamates (subject to hydrolysis) is 1. The second kappa shape index (κ2) is 6.26. The second-order valence-electron chi connectivity index (χ2n) is 6.37. The topological polar surface area (TPSA) is 82.2 Å². The van der Waals surface area contributed by atoms with Crippen LogP contribution >= 0.6 is 0 Å². The minimum Gasteiger partial charge on any atom is -0.444 e. The van der Waals surface area contributed by atoms with Crippen molar-refractivity contribution in [1.82, 2.24) is 14.9 Å². The first kappa shape index (κ1) is 16.5. The van der Waals surface area contributed by atoms with Crippen LogP contribution in [-0.4, -0.2) is 27.8 Å². The molecular weight excluding hydrogens is 256 g/mol. The molecule has 0 aliphatic carbocycles. The van der Waals surface area contributed by atoms with E-state index in [9.17, 15) is 4.79 Å². The van der Waals surface area contributed by atoms with E-state index in [0.29, 0.717) is 6.54 Å². The molecule has 3 N–H and O–H groups in total. The van der Waals surface area contributed by atoms with E-state index in [-0.39, 0.29) is 0 Å². The van der Waals surface area contributed by atoms with Crippen LogP contribution in [0.1, 0.15) is 46.7 Å². The largest absolute Gasteiger partial charge is 0.444 e. The average Bonchev–Trinajstić information content (AvgIpc) is 2.71. The fourth-order valence-corrected chi connectivity index (χ4v) is 1.90. The summed E-state index contributed by atoms with van der Waals surface area (Å²) in [6.45, 7) is 10.8. The monoisotopic (exact) mass is 282 g/mol. The van der Waals surface area contributed by atoms with E-state index in [1.165, 1.54) is 0 Å². The van der Waals surface area contributed by atoms with E-state index in [2.05, 4.69) is 10.3 Å². The minimum absolute atomic E-state index is 0.436. The molecule has 0 saturated carbocycles. The van der Waals surface area contributed by atoms with Crippen LogP contribution in [0.3, 0.4) is 0 Å². The van der Waals surface area contributed by atoms with Gasteiger partial charge in [-0.2, -0.15) is 0 Å². The van der Waals surface area contributed by atoms with Gasteiger partial charge in [0.25, 0.3) is 0 Å². The molecule has 6 nitrogen and oxygen atoms in total. The van der Waals surface area contributed by atoms with E-state index in [1.807, 2.05) is 39.2 Å². The molecule has 1 aromatic heterocycles. The number of amides is 1. The van der Waals surface area contributed by atoms with Gasteiger partial charge in [0.2, 0.25) is 0 Å². The molecule has 1 rings (SSSR count). The van der Waals surface area contributed by atoms with Crippen molar-refractivity contribution in [3.63, 3.8) is 0 Å². The van der Waals surface area contributed by atoms with Crippen LogP contribution < -0.4 is 11.1 Å². The smallest absolute Gasteiger partial charge is 0.408 e. The van der Waals surface area contributed by atoms with E-state index in [1.54, 1.807) is 12.5 Å². The highest BCUT2D eigenvalue weighted by Crippen LogP contribution is 2.21. The second-order valence-corrected chi connectivity index (χ2v) is 6.37. The quantitative estimate of drug-likeness (QED) is 0.865. The summed E-state index contributed by atoms with van der Waals surface area (Å²) >= 11 is 0. The lowest BCUT2D eigenvalue weighted by Crippen LogP contribution is -2.44. The van der Waals surface area contributed by atoms with Crippen molar-refractivity contribution in [2.75, 3.05) is 6.54 Å². The number of aryl methyl sites for hydroxylation is 1. The molecule has 1 heterocycles. The molecule has 20 heavy (non-hydrogen) atoms. The van der Waals surface area contributed by atoms with Crippen LogP contribution in [0.5, 0.6) is 0 Å². The van der Waals surface area contributed by atoms with E-state index >= 15 is 0 Å². The Labute approximate surface area is 120 Å². The number of hydrogen-bond donors (Lipinski definition) is 2. The third-order valence-electron chi connectivity index (χ3n) is 2.77. The van der Waals surface area contributed by atoms with Crippen LogP contribution in [0, 0.1) is 0 Å². The molecule has 0 spiro atoms. The van der Waals surface area contributed by atoms with Crippen LogP contribution in [0.2, 0.25) is 0 Å². The van der Waals surface area contributed by atoms with Gasteiger partial charge in [-0.3, -0.25) is 0 Å².